The average Bonchev–Trinajstić information content (AvgIpc) is 3.48. The number of halogens is 2. The maximum atomic E-state index is 15.1. The highest BCUT2D eigenvalue weighted by atomic mass is 35.5. The van der Waals surface area contributed by atoms with Gasteiger partial charge in [-0.2, -0.15) is 5.01 Å². The molecule has 2 aliphatic carbocycles. The van der Waals surface area contributed by atoms with Crippen LogP contribution in [0.4, 0.5) is 15.8 Å². The minimum atomic E-state index is -1.49. The first kappa shape index (κ1) is 31.0. The minimum Gasteiger partial charge on any atom is -0.508 e. The van der Waals surface area contributed by atoms with Crippen molar-refractivity contribution in [2.24, 2.45) is 23.7 Å². The Bertz CT molecular complexity index is 2070. The molecule has 4 amide bonds. The Kier molecular flexibility index (Phi) is 7.22. The SMILES string of the molecule is Cc1cc(C2C3=CCC4C(=O)N(c5ccccc5)C(=O)C4C3CC3C(=O)N(Nc4ccc(F)cc4)C(=O)C32c2ccc(Cl)cc2)ccc1O. The molecule has 3 fully saturated rings. The molecule has 8 nitrogen and oxygen atoms in total. The molecule has 49 heavy (non-hydrogen) atoms. The summed E-state index contributed by atoms with van der Waals surface area (Å²) in [5, 5.41) is 12.0. The van der Waals surface area contributed by atoms with Crippen LogP contribution in [0.15, 0.2) is 109 Å². The second-order valence-corrected chi connectivity index (χ2v) is 13.7. The number of nitrogens with zero attached hydrogens (tertiary/aromatic N) is 2. The fraction of sp³-hybridized carbons (Fsp3) is 0.231. The summed E-state index contributed by atoms with van der Waals surface area (Å²) in [5.41, 5.74) is 4.94. The maximum absolute atomic E-state index is 15.1. The van der Waals surface area contributed by atoms with Crippen LogP contribution in [0.25, 0.3) is 0 Å². The Hall–Kier alpha value is -5.28. The number of anilines is 2. The normalized spacial score (nSPS) is 27.5. The number of carbonyl (C=O) groups is 4. The second-order valence-electron chi connectivity index (χ2n) is 13.3. The average molecular weight is 676 g/mol. The third-order valence-electron chi connectivity index (χ3n) is 10.8. The molecular weight excluding hydrogens is 645 g/mol. The zero-order valence-corrected chi connectivity index (χ0v) is 27.1. The molecule has 2 aliphatic heterocycles. The zero-order valence-electron chi connectivity index (χ0n) is 26.3. The molecule has 246 valence electrons. The Morgan fingerprint density at radius 3 is 2.27 bits per heavy atom. The summed E-state index contributed by atoms with van der Waals surface area (Å²) >= 11 is 6.34. The highest BCUT2D eigenvalue weighted by Crippen LogP contribution is 2.64. The molecule has 6 unspecified atom stereocenters. The molecule has 0 aromatic heterocycles. The number of rotatable bonds is 5. The molecule has 4 aromatic rings. The van der Waals surface area contributed by atoms with Crippen LogP contribution in [0.3, 0.4) is 0 Å². The van der Waals surface area contributed by atoms with E-state index in [2.05, 4.69) is 5.43 Å². The molecule has 2 saturated heterocycles. The fourth-order valence-corrected chi connectivity index (χ4v) is 8.85. The monoisotopic (exact) mass is 675 g/mol. The van der Waals surface area contributed by atoms with Crippen molar-refractivity contribution in [3.8, 4) is 5.75 Å². The Morgan fingerprint density at radius 1 is 0.857 bits per heavy atom. The molecular formula is C39H31ClFN3O5. The molecule has 2 N–H and O–H groups in total. The van der Waals surface area contributed by atoms with Crippen molar-refractivity contribution in [3.63, 3.8) is 0 Å². The molecule has 2 heterocycles. The van der Waals surface area contributed by atoms with Crippen molar-refractivity contribution in [2.45, 2.75) is 31.1 Å². The molecule has 1 saturated carbocycles. The Morgan fingerprint density at radius 2 is 1.57 bits per heavy atom. The molecule has 8 rings (SSSR count). The first-order valence-corrected chi connectivity index (χ1v) is 16.6. The van der Waals surface area contributed by atoms with E-state index in [1.807, 2.05) is 18.2 Å². The number of hydrogen-bond donors (Lipinski definition) is 2. The number of amides is 4. The van der Waals surface area contributed by atoms with Gasteiger partial charge in [-0.05, 0) is 97.0 Å². The maximum Gasteiger partial charge on any atom is 0.260 e. The van der Waals surface area contributed by atoms with Gasteiger partial charge in [0.2, 0.25) is 11.8 Å². The Labute approximate surface area is 286 Å². The number of para-hydroxylation sites is 1. The van der Waals surface area contributed by atoms with Gasteiger partial charge in [0.05, 0.1) is 34.5 Å². The van der Waals surface area contributed by atoms with Crippen LogP contribution >= 0.6 is 11.6 Å². The third-order valence-corrected chi connectivity index (χ3v) is 11.1. The van der Waals surface area contributed by atoms with Crippen LogP contribution in [0.1, 0.15) is 35.4 Å². The number of carbonyl (C=O) groups excluding carboxylic acids is 4. The summed E-state index contributed by atoms with van der Waals surface area (Å²) in [6.45, 7) is 1.76. The first-order chi connectivity index (χ1) is 23.6. The highest BCUT2D eigenvalue weighted by molar-refractivity contribution is 6.30. The number of hydrogen-bond acceptors (Lipinski definition) is 6. The molecule has 4 aliphatic rings. The van der Waals surface area contributed by atoms with E-state index < -0.39 is 52.6 Å². The standard InChI is InChI=1S/C39H31ClFN3O5/c1-21-19-22(7-18-32(21)45)34-28-16-17-29-33(37(48)43(35(29)46)27-5-3-2-4-6-27)30(28)20-31-36(47)44(42-26-14-12-25(41)13-15-26)38(49)39(31,34)23-8-10-24(40)11-9-23/h2-16,18-19,29-31,33-34,42,45H,17,20H2,1H3. The number of aryl methyl sites for hydroxylation is 1. The van der Waals surface area contributed by atoms with Gasteiger partial charge in [0.15, 0.2) is 0 Å². The number of nitrogens with one attached hydrogen (secondary N) is 1. The van der Waals surface area contributed by atoms with Crippen LogP contribution in [-0.4, -0.2) is 33.7 Å². The quantitative estimate of drug-likeness (QED) is 0.181. The third kappa shape index (κ3) is 4.55. The van der Waals surface area contributed by atoms with Crippen molar-refractivity contribution < 1.29 is 28.7 Å². The van der Waals surface area contributed by atoms with Crippen molar-refractivity contribution in [1.29, 1.82) is 0 Å². The number of aromatic hydroxyl groups is 1. The number of phenolic OH excluding ortho intramolecular Hbond substituents is 1. The largest absolute Gasteiger partial charge is 0.508 e. The molecule has 4 aromatic carbocycles. The van der Waals surface area contributed by atoms with Gasteiger partial charge < -0.3 is 5.11 Å². The number of fused-ring (bicyclic) bond motifs is 4. The second kappa shape index (κ2) is 11.4. The molecule has 0 spiro atoms. The topological polar surface area (TPSA) is 107 Å². The number of allylic oxidation sites excluding steroid dienone is 2. The lowest BCUT2D eigenvalue weighted by Gasteiger charge is -2.50. The van der Waals surface area contributed by atoms with Crippen LogP contribution in [0, 0.1) is 36.4 Å². The van der Waals surface area contributed by atoms with Gasteiger partial charge in [-0.15, -0.1) is 0 Å². The van der Waals surface area contributed by atoms with E-state index in [9.17, 15) is 23.9 Å². The molecule has 10 heteroatoms. The number of benzene rings is 4. The van der Waals surface area contributed by atoms with Gasteiger partial charge in [0.25, 0.3) is 11.8 Å². The molecule has 6 atom stereocenters. The van der Waals surface area contributed by atoms with E-state index in [-0.39, 0.29) is 24.0 Å². The fourth-order valence-electron chi connectivity index (χ4n) is 8.72. The lowest BCUT2D eigenvalue weighted by Crippen LogP contribution is -2.53. The lowest BCUT2D eigenvalue weighted by atomic mass is 9.49. The van der Waals surface area contributed by atoms with E-state index in [1.54, 1.807) is 67.6 Å². The van der Waals surface area contributed by atoms with Gasteiger partial charge in [-0.3, -0.25) is 29.5 Å². The molecule has 0 radical (unpaired) electrons. The predicted octanol–water partition coefficient (Wildman–Crippen LogP) is 6.68. The summed E-state index contributed by atoms with van der Waals surface area (Å²) in [6.07, 6.45) is 2.41. The van der Waals surface area contributed by atoms with Crippen molar-refractivity contribution >= 4 is 46.6 Å². The van der Waals surface area contributed by atoms with Crippen molar-refractivity contribution in [3.05, 3.63) is 136 Å². The zero-order chi connectivity index (χ0) is 34.2. The summed E-state index contributed by atoms with van der Waals surface area (Å²) in [7, 11) is 0. The van der Waals surface area contributed by atoms with Crippen LogP contribution in [0.5, 0.6) is 5.75 Å². The number of phenols is 1. The van der Waals surface area contributed by atoms with Gasteiger partial charge in [0.1, 0.15) is 11.6 Å². The van der Waals surface area contributed by atoms with E-state index in [1.165, 1.54) is 29.2 Å². The lowest BCUT2D eigenvalue weighted by molar-refractivity contribution is -0.138. The summed E-state index contributed by atoms with van der Waals surface area (Å²) in [4.78, 5) is 59.3. The summed E-state index contributed by atoms with van der Waals surface area (Å²) in [6, 6.07) is 26.2. The smallest absolute Gasteiger partial charge is 0.260 e. The summed E-state index contributed by atoms with van der Waals surface area (Å²) in [5.74, 6) is -5.59. The van der Waals surface area contributed by atoms with Crippen molar-refractivity contribution in [2.75, 3.05) is 10.3 Å². The van der Waals surface area contributed by atoms with E-state index in [4.69, 9.17) is 11.6 Å². The van der Waals surface area contributed by atoms with Crippen LogP contribution in [-0.2, 0) is 24.6 Å². The van der Waals surface area contributed by atoms with Gasteiger partial charge >= 0.3 is 0 Å². The first-order valence-electron chi connectivity index (χ1n) is 16.2. The van der Waals surface area contributed by atoms with Crippen molar-refractivity contribution in [1.82, 2.24) is 5.01 Å². The number of hydrazine groups is 1. The van der Waals surface area contributed by atoms with Crippen LogP contribution < -0.4 is 10.3 Å². The summed E-state index contributed by atoms with van der Waals surface area (Å²) < 4.78 is 13.8. The van der Waals surface area contributed by atoms with E-state index in [0.717, 1.165) is 10.6 Å². The van der Waals surface area contributed by atoms with Gasteiger partial charge in [0, 0.05) is 10.9 Å². The van der Waals surface area contributed by atoms with Gasteiger partial charge in [-0.25, -0.2) is 4.39 Å². The molecule has 0 bridgehead atoms. The Balaban J connectivity index is 1.33. The van der Waals surface area contributed by atoms with E-state index in [0.29, 0.717) is 39.5 Å². The predicted molar refractivity (Wildman–Crippen MR) is 181 cm³/mol. The highest BCUT2D eigenvalue weighted by Gasteiger charge is 2.70. The van der Waals surface area contributed by atoms with Gasteiger partial charge in [-0.1, -0.05) is 65.7 Å². The van der Waals surface area contributed by atoms with E-state index >= 15 is 4.79 Å². The number of imide groups is 2. The minimum absolute atomic E-state index is 0.0781. The van der Waals surface area contributed by atoms with Crippen LogP contribution in [0.2, 0.25) is 5.02 Å².